The van der Waals surface area contributed by atoms with Gasteiger partial charge in [0.15, 0.2) is 6.61 Å². The molecular weight excluding hydrogens is 510 g/mol. The van der Waals surface area contributed by atoms with Gasteiger partial charge in [-0.2, -0.15) is 0 Å². The Hall–Kier alpha value is -2.86. The molecule has 0 aromatic rings. The summed E-state index contributed by atoms with van der Waals surface area (Å²) in [5, 5.41) is 29.6. The number of carbonyl (C=O) groups is 3. The van der Waals surface area contributed by atoms with Crippen LogP contribution in [0.15, 0.2) is 16.8 Å². The highest BCUT2D eigenvalue weighted by atomic mass is 16.6. The van der Waals surface area contributed by atoms with Crippen LogP contribution in [0.3, 0.4) is 0 Å². The zero-order chi connectivity index (χ0) is 29.3. The van der Waals surface area contributed by atoms with E-state index in [9.17, 15) is 24.6 Å². The first-order chi connectivity index (χ1) is 18.9. The summed E-state index contributed by atoms with van der Waals surface area (Å²) in [6.07, 6.45) is 16.4. The molecule has 8 atom stereocenters. The summed E-state index contributed by atoms with van der Waals surface area (Å²) < 4.78 is 0. The fraction of sp³-hybridized carbons (Fsp3) is 0.742. The molecule has 3 saturated carbocycles. The molecule has 9 heteroatoms. The third-order valence-electron chi connectivity index (χ3n) is 10.7. The van der Waals surface area contributed by atoms with Crippen molar-refractivity contribution < 1.29 is 29.4 Å². The summed E-state index contributed by atoms with van der Waals surface area (Å²) in [7, 11) is 0. The Morgan fingerprint density at radius 1 is 1.15 bits per heavy atom. The first kappa shape index (κ1) is 30.1. The van der Waals surface area contributed by atoms with Crippen LogP contribution in [0.25, 0.3) is 0 Å². The van der Waals surface area contributed by atoms with Crippen LogP contribution in [0, 0.1) is 40.9 Å². The Labute approximate surface area is 237 Å². The average Bonchev–Trinajstić information content (AvgIpc) is 3.19. The van der Waals surface area contributed by atoms with E-state index >= 15 is 0 Å². The Bertz CT molecular complexity index is 1130. The number of allylic oxidation sites excluding steroid dienone is 2. The quantitative estimate of drug-likeness (QED) is 0.254. The zero-order valence-electron chi connectivity index (χ0n) is 24.3. The van der Waals surface area contributed by atoms with Crippen LogP contribution in [0.1, 0.15) is 91.9 Å². The highest BCUT2D eigenvalue weighted by molar-refractivity contribution is 5.96. The van der Waals surface area contributed by atoms with Gasteiger partial charge >= 0.3 is 5.97 Å². The van der Waals surface area contributed by atoms with Crippen LogP contribution < -0.4 is 10.6 Å². The molecule has 0 spiro atoms. The summed E-state index contributed by atoms with van der Waals surface area (Å²) in [4.78, 5) is 41.2. The second-order valence-corrected chi connectivity index (χ2v) is 12.8. The van der Waals surface area contributed by atoms with E-state index in [4.69, 9.17) is 11.3 Å². The average molecular weight is 556 g/mol. The lowest BCUT2D eigenvalue weighted by atomic mass is 9.46. The van der Waals surface area contributed by atoms with Gasteiger partial charge in [-0.25, -0.2) is 4.79 Å². The molecule has 40 heavy (non-hydrogen) atoms. The molecule has 5 unspecified atom stereocenters. The number of nitrogens with zero attached hydrogens (tertiary/aromatic N) is 1. The molecule has 9 nitrogen and oxygen atoms in total. The maximum atomic E-state index is 12.3. The fourth-order valence-corrected chi connectivity index (χ4v) is 8.26. The standard InChI is InChI=1S/C31H45N3O6/c1-6-8-25(28(37)38)33-27(36)19(3)32-26(35)18-40-34-21-11-14-29(4)20(17-21)9-10-22-23(29)12-15-30(5)24(22)13-16-31(30,39)7-2/h2,17,19,22-25,39H,6,8-16,18H2,1,3-5H3,(H,32,35)(H,33,36)(H,37,38)/t19?,22?,23?,24?,25?,29-,30-,31+/m0/s1. The molecule has 2 amide bonds. The predicted molar refractivity (Wildman–Crippen MR) is 151 cm³/mol. The highest BCUT2D eigenvalue weighted by Crippen LogP contribution is 2.67. The number of hydrogen-bond acceptors (Lipinski definition) is 6. The second-order valence-electron chi connectivity index (χ2n) is 12.8. The van der Waals surface area contributed by atoms with Gasteiger partial charge in [0, 0.05) is 5.41 Å². The molecule has 0 saturated heterocycles. The van der Waals surface area contributed by atoms with Crippen molar-refractivity contribution in [1.82, 2.24) is 10.6 Å². The van der Waals surface area contributed by atoms with E-state index in [1.807, 2.05) is 6.92 Å². The molecule has 4 rings (SSSR count). The Kier molecular flexibility index (Phi) is 8.70. The van der Waals surface area contributed by atoms with Crippen molar-refractivity contribution in [3.05, 3.63) is 11.6 Å². The van der Waals surface area contributed by atoms with Crippen LogP contribution in [0.2, 0.25) is 0 Å². The Morgan fingerprint density at radius 2 is 1.88 bits per heavy atom. The van der Waals surface area contributed by atoms with E-state index < -0.39 is 35.5 Å². The van der Waals surface area contributed by atoms with Crippen LogP contribution in [-0.2, 0) is 19.2 Å². The first-order valence-electron chi connectivity index (χ1n) is 14.8. The van der Waals surface area contributed by atoms with Gasteiger partial charge in [0.25, 0.3) is 5.91 Å². The number of oxime groups is 1. The zero-order valence-corrected chi connectivity index (χ0v) is 24.3. The molecule has 4 N–H and O–H groups in total. The molecule has 220 valence electrons. The van der Waals surface area contributed by atoms with Gasteiger partial charge < -0.3 is 25.7 Å². The van der Waals surface area contributed by atoms with Gasteiger partial charge in [-0.1, -0.05) is 43.8 Å². The van der Waals surface area contributed by atoms with E-state index in [1.54, 1.807) is 0 Å². The monoisotopic (exact) mass is 555 g/mol. The summed E-state index contributed by atoms with van der Waals surface area (Å²) in [5.74, 6) is 2.16. The molecular formula is C31H45N3O6. The number of hydrogen-bond donors (Lipinski definition) is 4. The normalized spacial score (nSPS) is 37.0. The smallest absolute Gasteiger partial charge is 0.326 e. The Balaban J connectivity index is 1.32. The number of aliphatic carboxylic acids is 1. The number of fused-ring (bicyclic) bond motifs is 5. The van der Waals surface area contributed by atoms with Gasteiger partial charge in [-0.15, -0.1) is 6.42 Å². The van der Waals surface area contributed by atoms with E-state index in [-0.39, 0.29) is 17.4 Å². The van der Waals surface area contributed by atoms with Gasteiger partial charge in [-0.3, -0.25) is 9.59 Å². The third-order valence-corrected chi connectivity index (χ3v) is 10.7. The van der Waals surface area contributed by atoms with Crippen molar-refractivity contribution >= 4 is 23.5 Å². The summed E-state index contributed by atoms with van der Waals surface area (Å²) in [6.45, 7) is 7.59. The van der Waals surface area contributed by atoms with Crippen LogP contribution in [0.4, 0.5) is 0 Å². The maximum Gasteiger partial charge on any atom is 0.326 e. The van der Waals surface area contributed by atoms with Gasteiger partial charge in [-0.05, 0) is 94.0 Å². The van der Waals surface area contributed by atoms with Gasteiger partial charge in [0.2, 0.25) is 5.91 Å². The molecule has 0 radical (unpaired) electrons. The van der Waals surface area contributed by atoms with Crippen molar-refractivity contribution in [2.75, 3.05) is 6.61 Å². The van der Waals surface area contributed by atoms with E-state index in [2.05, 4.69) is 41.6 Å². The lowest BCUT2D eigenvalue weighted by molar-refractivity contribution is -0.142. The minimum Gasteiger partial charge on any atom is -0.480 e. The van der Waals surface area contributed by atoms with E-state index in [0.717, 1.165) is 50.7 Å². The van der Waals surface area contributed by atoms with Crippen molar-refractivity contribution in [3.8, 4) is 12.3 Å². The number of nitrogens with one attached hydrogen (secondary N) is 2. The minimum absolute atomic E-state index is 0.0892. The number of carbonyl (C=O) groups excluding carboxylic acids is 2. The molecule has 4 aliphatic rings. The number of terminal acetylenes is 1. The highest BCUT2D eigenvalue weighted by Gasteiger charge is 2.63. The minimum atomic E-state index is -1.10. The van der Waals surface area contributed by atoms with Crippen molar-refractivity contribution in [1.29, 1.82) is 0 Å². The van der Waals surface area contributed by atoms with Gasteiger partial charge in [0.05, 0.1) is 5.71 Å². The first-order valence-corrected chi connectivity index (χ1v) is 14.8. The van der Waals surface area contributed by atoms with E-state index in [0.29, 0.717) is 37.0 Å². The molecule has 3 fully saturated rings. The summed E-state index contributed by atoms with van der Waals surface area (Å²) in [5.41, 5.74) is 1.10. The van der Waals surface area contributed by atoms with Crippen LogP contribution in [-0.4, -0.2) is 58.0 Å². The number of amides is 2. The van der Waals surface area contributed by atoms with Crippen LogP contribution in [0.5, 0.6) is 0 Å². The third kappa shape index (κ3) is 5.39. The number of carboxylic acid groups (broad SMARTS) is 1. The SMILES string of the molecule is C#C[C@@]1(O)CCC2C3CCC4=CC(=NOCC(=O)NC(C)C(=O)NC(CCC)C(=O)O)CC[C@]4(C)C3CC[C@@]21C. The molecule has 0 aliphatic heterocycles. The van der Waals surface area contributed by atoms with Crippen LogP contribution >= 0.6 is 0 Å². The lowest BCUT2D eigenvalue weighted by Crippen LogP contribution is -2.54. The molecule has 0 heterocycles. The number of rotatable bonds is 9. The van der Waals surface area contributed by atoms with Crippen molar-refractivity contribution in [2.24, 2.45) is 33.7 Å². The largest absolute Gasteiger partial charge is 0.480 e. The molecule has 0 aromatic carbocycles. The second kappa shape index (κ2) is 11.6. The van der Waals surface area contributed by atoms with Crippen molar-refractivity contribution in [2.45, 2.75) is 110 Å². The lowest BCUT2D eigenvalue weighted by Gasteiger charge is -2.58. The topological polar surface area (TPSA) is 137 Å². The van der Waals surface area contributed by atoms with E-state index in [1.165, 1.54) is 12.5 Å². The number of aliphatic hydroxyl groups is 1. The summed E-state index contributed by atoms with van der Waals surface area (Å²) in [6, 6.07) is -1.88. The fourth-order valence-electron chi connectivity index (χ4n) is 8.26. The predicted octanol–water partition coefficient (Wildman–Crippen LogP) is 3.56. The Morgan fingerprint density at radius 3 is 2.55 bits per heavy atom. The molecule has 0 bridgehead atoms. The number of carboxylic acids is 1. The van der Waals surface area contributed by atoms with Gasteiger partial charge in [0.1, 0.15) is 17.7 Å². The molecule has 0 aromatic heterocycles. The summed E-state index contributed by atoms with van der Waals surface area (Å²) >= 11 is 0. The van der Waals surface area contributed by atoms with Crippen molar-refractivity contribution in [3.63, 3.8) is 0 Å². The molecule has 4 aliphatic carbocycles. The maximum absolute atomic E-state index is 12.3.